The molecule has 2 atom stereocenters. The van der Waals surface area contributed by atoms with Crippen LogP contribution in [0.3, 0.4) is 0 Å². The molecule has 2 fully saturated rings. The molecule has 0 spiro atoms. The second-order valence-electron chi connectivity index (χ2n) is 5.76. The summed E-state index contributed by atoms with van der Waals surface area (Å²) in [7, 11) is 0. The third kappa shape index (κ3) is 1.94. The van der Waals surface area contributed by atoms with Crippen LogP contribution in [0.2, 0.25) is 0 Å². The summed E-state index contributed by atoms with van der Waals surface area (Å²) >= 11 is 5.29. The fourth-order valence-electron chi connectivity index (χ4n) is 3.56. The molecule has 17 heavy (non-hydrogen) atoms. The van der Waals surface area contributed by atoms with E-state index >= 15 is 0 Å². The summed E-state index contributed by atoms with van der Waals surface area (Å²) in [5, 5.41) is 0. The number of fused-ring (bicyclic) bond motifs is 2. The quantitative estimate of drug-likeness (QED) is 0.652. The van der Waals surface area contributed by atoms with Gasteiger partial charge in [0.25, 0.3) is 0 Å². The predicted molar refractivity (Wildman–Crippen MR) is 65.7 cm³/mol. The molecule has 0 aliphatic heterocycles. The molecule has 0 aromatic heterocycles. The Morgan fingerprint density at radius 1 is 1.41 bits per heavy atom. The van der Waals surface area contributed by atoms with Crippen LogP contribution in [-0.4, -0.2) is 46.2 Å². The van der Waals surface area contributed by atoms with Crippen LogP contribution >= 0.6 is 0 Å². The third-order valence-corrected chi connectivity index (χ3v) is 6.88. The summed E-state index contributed by atoms with van der Waals surface area (Å²) in [6.07, 6.45) is -1.19. The standard InChI is InChI=1S/C12H15F3Se2/c1-10(2)7-3-4-11(10,8(16)5-7)6-9(17)12(13,14)15/h7H,3-6H2,1-2H3. The van der Waals surface area contributed by atoms with Crippen molar-refractivity contribution in [2.75, 3.05) is 0 Å². The molecule has 0 aromatic rings. The van der Waals surface area contributed by atoms with Crippen molar-refractivity contribution in [2.45, 2.75) is 45.7 Å². The Morgan fingerprint density at radius 3 is 2.35 bits per heavy atom. The number of rotatable bonds is 2. The number of halogens is 3. The average Bonchev–Trinajstić information content (AvgIpc) is 2.49. The molecule has 2 aliphatic rings. The van der Waals surface area contributed by atoms with Crippen molar-refractivity contribution in [1.29, 1.82) is 0 Å². The van der Waals surface area contributed by atoms with Gasteiger partial charge in [0.2, 0.25) is 0 Å². The molecule has 0 nitrogen and oxygen atoms in total. The van der Waals surface area contributed by atoms with Crippen LogP contribution in [0, 0.1) is 16.7 Å². The van der Waals surface area contributed by atoms with Gasteiger partial charge in [-0.2, -0.15) is 0 Å². The molecule has 5 heteroatoms. The van der Waals surface area contributed by atoms with Gasteiger partial charge in [0, 0.05) is 0 Å². The molecule has 0 N–H and O–H groups in total. The van der Waals surface area contributed by atoms with Crippen molar-refractivity contribution in [3.05, 3.63) is 0 Å². The number of hydrogen-bond donors (Lipinski definition) is 0. The third-order valence-electron chi connectivity index (χ3n) is 4.92. The van der Waals surface area contributed by atoms with Gasteiger partial charge in [-0.15, -0.1) is 0 Å². The summed E-state index contributed by atoms with van der Waals surface area (Å²) in [5.74, 6) is 0.541. The van der Waals surface area contributed by atoms with Gasteiger partial charge in [0.05, 0.1) is 0 Å². The zero-order valence-corrected chi connectivity index (χ0v) is 13.3. The molecular formula is C12H15F3Se2. The Bertz CT molecular complexity index is 384. The van der Waals surface area contributed by atoms with E-state index in [1.165, 1.54) is 0 Å². The van der Waals surface area contributed by atoms with Gasteiger partial charge in [-0.1, -0.05) is 0 Å². The first-order valence-corrected chi connectivity index (χ1v) is 7.46. The Kier molecular flexibility index (Phi) is 3.32. The molecular weight excluding hydrogens is 359 g/mol. The van der Waals surface area contributed by atoms with E-state index < -0.39 is 10.6 Å². The molecule has 2 unspecified atom stereocenters. The molecule has 0 heterocycles. The van der Waals surface area contributed by atoms with Gasteiger partial charge in [0.15, 0.2) is 0 Å². The second-order valence-corrected chi connectivity index (χ2v) is 7.83. The van der Waals surface area contributed by atoms with E-state index in [0.717, 1.165) is 23.7 Å². The van der Waals surface area contributed by atoms with Gasteiger partial charge in [-0.3, -0.25) is 0 Å². The van der Waals surface area contributed by atoms with Gasteiger partial charge < -0.3 is 0 Å². The van der Waals surface area contributed by atoms with Crippen LogP contribution in [-0.2, 0) is 0 Å². The molecule has 0 aromatic carbocycles. The zero-order valence-electron chi connectivity index (χ0n) is 9.86. The maximum absolute atomic E-state index is 12.7. The van der Waals surface area contributed by atoms with Crippen LogP contribution < -0.4 is 0 Å². The van der Waals surface area contributed by atoms with Gasteiger partial charge >= 0.3 is 116 Å². The molecule has 0 radical (unpaired) electrons. The van der Waals surface area contributed by atoms with Crippen LogP contribution in [0.25, 0.3) is 0 Å². The van der Waals surface area contributed by atoms with Gasteiger partial charge in [0.1, 0.15) is 0 Å². The van der Waals surface area contributed by atoms with E-state index in [1.807, 2.05) is 0 Å². The molecule has 0 amide bonds. The van der Waals surface area contributed by atoms with E-state index in [1.54, 1.807) is 0 Å². The van der Waals surface area contributed by atoms with Crippen LogP contribution in [0.4, 0.5) is 13.2 Å². The maximum atomic E-state index is 12.7. The van der Waals surface area contributed by atoms with Crippen molar-refractivity contribution < 1.29 is 13.2 Å². The normalized spacial score (nSPS) is 35.4. The zero-order chi connectivity index (χ0) is 13.1. The van der Waals surface area contributed by atoms with Crippen molar-refractivity contribution in [2.24, 2.45) is 16.7 Å². The second kappa shape index (κ2) is 4.03. The molecule has 96 valence electrons. The Balaban J connectivity index is 2.30. The fourth-order valence-corrected chi connectivity index (χ4v) is 5.42. The summed E-state index contributed by atoms with van der Waals surface area (Å²) in [4.78, 5) is 0. The van der Waals surface area contributed by atoms with Crippen molar-refractivity contribution >= 4 is 40.0 Å². The monoisotopic (exact) mass is 376 g/mol. The van der Waals surface area contributed by atoms with E-state index in [0.29, 0.717) is 5.92 Å². The SMILES string of the molecule is CC1(C)C2CCC1(CC(=[Se])C(F)(F)F)C(=[Se])C2. The fraction of sp³-hybridized carbons (Fsp3) is 0.833. The minimum atomic E-state index is -4.20. The van der Waals surface area contributed by atoms with E-state index in [-0.39, 0.29) is 17.3 Å². The molecule has 2 saturated carbocycles. The van der Waals surface area contributed by atoms with Crippen molar-refractivity contribution in [3.8, 4) is 0 Å². The minimum absolute atomic E-state index is 0.0199. The number of hydrogen-bond acceptors (Lipinski definition) is 0. The van der Waals surface area contributed by atoms with Gasteiger partial charge in [-0.25, -0.2) is 0 Å². The Morgan fingerprint density at radius 2 is 2.00 bits per heavy atom. The summed E-state index contributed by atoms with van der Waals surface area (Å²) in [6.45, 7) is 4.25. The van der Waals surface area contributed by atoms with Crippen LogP contribution in [0.15, 0.2) is 0 Å². The number of alkyl halides is 3. The summed E-state index contributed by atoms with van der Waals surface area (Å²) in [6, 6.07) is 0. The Labute approximate surface area is 115 Å². The average molecular weight is 374 g/mol. The van der Waals surface area contributed by atoms with Crippen molar-refractivity contribution in [1.82, 2.24) is 0 Å². The molecule has 2 rings (SSSR count). The molecule has 2 aliphatic carbocycles. The predicted octanol–water partition coefficient (Wildman–Crippen LogP) is 2.45. The van der Waals surface area contributed by atoms with Crippen molar-refractivity contribution in [3.63, 3.8) is 0 Å². The van der Waals surface area contributed by atoms with E-state index in [4.69, 9.17) is 0 Å². The van der Waals surface area contributed by atoms with Gasteiger partial charge in [-0.05, 0) is 0 Å². The molecule has 2 bridgehead atoms. The topological polar surface area (TPSA) is 0 Å². The first-order chi connectivity index (χ1) is 7.61. The summed E-state index contributed by atoms with van der Waals surface area (Å²) in [5.41, 5.74) is -0.304. The first kappa shape index (κ1) is 14.0. The summed E-state index contributed by atoms with van der Waals surface area (Å²) < 4.78 is 38.8. The first-order valence-electron chi connectivity index (χ1n) is 5.74. The Hall–Kier alpha value is 0.569. The van der Waals surface area contributed by atoms with E-state index in [9.17, 15) is 13.2 Å². The van der Waals surface area contributed by atoms with E-state index in [2.05, 4.69) is 45.0 Å². The van der Waals surface area contributed by atoms with Crippen LogP contribution in [0.5, 0.6) is 0 Å². The molecule has 0 saturated heterocycles. The van der Waals surface area contributed by atoms with Crippen LogP contribution in [0.1, 0.15) is 39.5 Å².